The van der Waals surface area contributed by atoms with Crippen LogP contribution in [0.4, 0.5) is 0 Å². The molecule has 1 aromatic carbocycles. The average molecular weight is 306 g/mol. The second-order valence-electron chi connectivity index (χ2n) is 3.55. The third-order valence-electron chi connectivity index (χ3n) is 2.12. The van der Waals surface area contributed by atoms with E-state index in [-0.39, 0.29) is 15.6 Å². The normalized spacial score (nSPS) is 10.0. The fourth-order valence-electron chi connectivity index (χ4n) is 1.39. The third kappa shape index (κ3) is 4.11. The van der Waals surface area contributed by atoms with Gasteiger partial charge in [0.15, 0.2) is 0 Å². The highest BCUT2D eigenvalue weighted by atomic mass is 35.5. The highest BCUT2D eigenvalue weighted by Gasteiger charge is 2.24. The number of halogens is 2. The minimum absolute atomic E-state index is 0.0262. The number of amides is 1. The predicted molar refractivity (Wildman–Crippen MR) is 67.6 cm³/mol. The zero-order chi connectivity index (χ0) is 14.6. The number of hydrogen-bond acceptors (Lipinski definition) is 3. The summed E-state index contributed by atoms with van der Waals surface area (Å²) in [5.41, 5.74) is -0.117. The molecule has 19 heavy (non-hydrogen) atoms. The van der Waals surface area contributed by atoms with Crippen molar-refractivity contribution in [3.63, 3.8) is 0 Å². The van der Waals surface area contributed by atoms with E-state index in [1.807, 2.05) is 0 Å². The molecule has 8 heteroatoms. The molecule has 0 aromatic heterocycles. The number of aliphatic carboxylic acids is 2. The molecular weight excluding hydrogens is 297 g/mol. The first-order valence-corrected chi connectivity index (χ1v) is 5.75. The Bertz CT molecular complexity index is 496. The monoisotopic (exact) mass is 305 g/mol. The van der Waals surface area contributed by atoms with Gasteiger partial charge in [-0.25, -0.2) is 0 Å². The van der Waals surface area contributed by atoms with E-state index in [0.717, 1.165) is 0 Å². The molecule has 0 aliphatic heterocycles. The van der Waals surface area contributed by atoms with Crippen LogP contribution in [0.2, 0.25) is 10.0 Å². The molecule has 102 valence electrons. The SMILES string of the molecule is O=C(O)CN(CC(=O)O)C(=O)c1c(Cl)cccc1Cl. The number of carbonyl (C=O) groups excluding carboxylic acids is 1. The molecule has 0 saturated carbocycles. The van der Waals surface area contributed by atoms with Crippen LogP contribution in [0.3, 0.4) is 0 Å². The lowest BCUT2D eigenvalue weighted by molar-refractivity contribution is -0.140. The Morgan fingerprint density at radius 2 is 1.42 bits per heavy atom. The van der Waals surface area contributed by atoms with Crippen LogP contribution in [0.15, 0.2) is 18.2 Å². The summed E-state index contributed by atoms with van der Waals surface area (Å²) in [4.78, 5) is 34.0. The van der Waals surface area contributed by atoms with Crippen molar-refractivity contribution < 1.29 is 24.6 Å². The van der Waals surface area contributed by atoms with Crippen LogP contribution >= 0.6 is 23.2 Å². The Morgan fingerprint density at radius 3 is 1.79 bits per heavy atom. The Balaban J connectivity index is 3.11. The van der Waals surface area contributed by atoms with Gasteiger partial charge in [0.05, 0.1) is 15.6 Å². The molecule has 0 spiro atoms. The largest absolute Gasteiger partial charge is 0.480 e. The van der Waals surface area contributed by atoms with Gasteiger partial charge in [-0.2, -0.15) is 0 Å². The van der Waals surface area contributed by atoms with Crippen LogP contribution in [0.1, 0.15) is 10.4 Å². The summed E-state index contributed by atoms with van der Waals surface area (Å²) in [7, 11) is 0. The van der Waals surface area contributed by atoms with Gasteiger partial charge in [-0.15, -0.1) is 0 Å². The first-order valence-electron chi connectivity index (χ1n) is 4.99. The molecule has 0 bridgehead atoms. The second-order valence-corrected chi connectivity index (χ2v) is 4.36. The molecule has 0 fully saturated rings. The average Bonchev–Trinajstić information content (AvgIpc) is 2.26. The van der Waals surface area contributed by atoms with Crippen LogP contribution < -0.4 is 0 Å². The molecule has 0 heterocycles. The lowest BCUT2D eigenvalue weighted by atomic mass is 10.2. The van der Waals surface area contributed by atoms with E-state index in [2.05, 4.69) is 0 Å². The van der Waals surface area contributed by atoms with E-state index < -0.39 is 30.9 Å². The highest BCUT2D eigenvalue weighted by molar-refractivity contribution is 6.39. The van der Waals surface area contributed by atoms with Crippen molar-refractivity contribution in [1.82, 2.24) is 4.90 Å². The van der Waals surface area contributed by atoms with Crippen molar-refractivity contribution in [2.24, 2.45) is 0 Å². The minimum atomic E-state index is -1.34. The van der Waals surface area contributed by atoms with Gasteiger partial charge in [-0.05, 0) is 12.1 Å². The Hall–Kier alpha value is -1.79. The van der Waals surface area contributed by atoms with Crippen molar-refractivity contribution >= 4 is 41.0 Å². The zero-order valence-electron chi connectivity index (χ0n) is 9.47. The van der Waals surface area contributed by atoms with Crippen LogP contribution in [-0.4, -0.2) is 46.0 Å². The van der Waals surface area contributed by atoms with Gasteiger partial charge < -0.3 is 15.1 Å². The fraction of sp³-hybridized carbons (Fsp3) is 0.182. The molecule has 0 radical (unpaired) electrons. The number of benzene rings is 1. The van der Waals surface area contributed by atoms with Crippen LogP contribution in [0.25, 0.3) is 0 Å². The molecule has 6 nitrogen and oxygen atoms in total. The maximum absolute atomic E-state index is 12.1. The predicted octanol–water partition coefficient (Wildman–Crippen LogP) is 1.60. The number of rotatable bonds is 5. The molecule has 0 atom stereocenters. The molecule has 0 unspecified atom stereocenters. The van der Waals surface area contributed by atoms with E-state index >= 15 is 0 Å². The Labute approximate surface area is 118 Å². The van der Waals surface area contributed by atoms with Crippen molar-refractivity contribution in [2.75, 3.05) is 13.1 Å². The summed E-state index contributed by atoms with van der Waals surface area (Å²) >= 11 is 11.6. The van der Waals surface area contributed by atoms with Crippen LogP contribution in [0.5, 0.6) is 0 Å². The van der Waals surface area contributed by atoms with E-state index in [1.165, 1.54) is 18.2 Å². The van der Waals surface area contributed by atoms with E-state index in [9.17, 15) is 14.4 Å². The van der Waals surface area contributed by atoms with Crippen molar-refractivity contribution in [1.29, 1.82) is 0 Å². The standard InChI is InChI=1S/C11H9Cl2NO5/c12-6-2-1-3-7(13)10(6)11(19)14(4-8(15)16)5-9(17)18/h1-3H,4-5H2,(H,15,16)(H,17,18). The lowest BCUT2D eigenvalue weighted by Crippen LogP contribution is -2.39. The van der Waals surface area contributed by atoms with E-state index in [4.69, 9.17) is 33.4 Å². The van der Waals surface area contributed by atoms with Crippen molar-refractivity contribution in [3.8, 4) is 0 Å². The van der Waals surface area contributed by atoms with Crippen LogP contribution in [-0.2, 0) is 9.59 Å². The summed E-state index contributed by atoms with van der Waals surface area (Å²) in [5.74, 6) is -3.52. The summed E-state index contributed by atoms with van der Waals surface area (Å²) in [6.45, 7) is -1.51. The number of nitrogens with zero attached hydrogens (tertiary/aromatic N) is 1. The smallest absolute Gasteiger partial charge is 0.323 e. The van der Waals surface area contributed by atoms with E-state index in [1.54, 1.807) is 0 Å². The number of carboxylic acid groups (broad SMARTS) is 2. The fourth-order valence-corrected chi connectivity index (χ4v) is 1.95. The summed E-state index contributed by atoms with van der Waals surface area (Å²) in [6.07, 6.45) is 0. The Kier molecular flexibility index (Phi) is 5.14. The van der Waals surface area contributed by atoms with Gasteiger partial charge in [-0.1, -0.05) is 29.3 Å². The summed E-state index contributed by atoms with van der Waals surface area (Å²) < 4.78 is 0. The summed E-state index contributed by atoms with van der Waals surface area (Å²) in [5, 5.41) is 17.4. The maximum atomic E-state index is 12.1. The first-order chi connectivity index (χ1) is 8.82. The molecule has 2 N–H and O–H groups in total. The maximum Gasteiger partial charge on any atom is 0.323 e. The number of carboxylic acids is 2. The quantitative estimate of drug-likeness (QED) is 0.861. The van der Waals surface area contributed by atoms with E-state index in [0.29, 0.717) is 4.90 Å². The molecule has 0 aliphatic carbocycles. The lowest BCUT2D eigenvalue weighted by Gasteiger charge is -2.19. The second kappa shape index (κ2) is 6.40. The van der Waals surface area contributed by atoms with Gasteiger partial charge >= 0.3 is 11.9 Å². The molecule has 0 aliphatic rings. The third-order valence-corrected chi connectivity index (χ3v) is 2.75. The summed E-state index contributed by atoms with van der Waals surface area (Å²) in [6, 6.07) is 4.32. The molecule has 1 amide bonds. The first kappa shape index (κ1) is 15.3. The molecule has 0 saturated heterocycles. The molecule has 1 aromatic rings. The van der Waals surface area contributed by atoms with Gasteiger partial charge in [-0.3, -0.25) is 14.4 Å². The van der Waals surface area contributed by atoms with Gasteiger partial charge in [0.25, 0.3) is 5.91 Å². The number of hydrogen-bond donors (Lipinski definition) is 2. The van der Waals surface area contributed by atoms with Gasteiger partial charge in [0.2, 0.25) is 0 Å². The zero-order valence-corrected chi connectivity index (χ0v) is 11.0. The topological polar surface area (TPSA) is 94.9 Å². The molecular formula is C11H9Cl2NO5. The highest BCUT2D eigenvalue weighted by Crippen LogP contribution is 2.25. The van der Waals surface area contributed by atoms with Crippen molar-refractivity contribution in [3.05, 3.63) is 33.8 Å². The van der Waals surface area contributed by atoms with Crippen LogP contribution in [0, 0.1) is 0 Å². The van der Waals surface area contributed by atoms with Gasteiger partial charge in [0, 0.05) is 0 Å². The van der Waals surface area contributed by atoms with Crippen molar-refractivity contribution in [2.45, 2.75) is 0 Å². The Morgan fingerprint density at radius 1 is 1.00 bits per heavy atom. The molecule has 1 rings (SSSR count). The minimum Gasteiger partial charge on any atom is -0.480 e. The number of carbonyl (C=O) groups is 3. The van der Waals surface area contributed by atoms with Gasteiger partial charge in [0.1, 0.15) is 13.1 Å².